The van der Waals surface area contributed by atoms with Crippen LogP contribution in [0.25, 0.3) is 0 Å². The number of ether oxygens (including phenoxy) is 2. The van der Waals surface area contributed by atoms with Crippen LogP contribution in [-0.2, 0) is 23.9 Å². The highest BCUT2D eigenvalue weighted by molar-refractivity contribution is 5.85. The minimum Gasteiger partial charge on any atom is -0.469 e. The number of carbonyl (C=O) groups is 3. The van der Waals surface area contributed by atoms with Crippen LogP contribution in [0, 0.1) is 40.4 Å². The summed E-state index contributed by atoms with van der Waals surface area (Å²) in [5.41, 5.74) is 0.431. The second kappa shape index (κ2) is 8.51. The highest BCUT2D eigenvalue weighted by Crippen LogP contribution is 2.67. The molecule has 5 heteroatoms. The summed E-state index contributed by atoms with van der Waals surface area (Å²) in [5.74, 6) is 2.66. The van der Waals surface area contributed by atoms with Crippen LogP contribution in [0.15, 0.2) is 0 Å². The molecule has 0 saturated heterocycles. The Bertz CT molecular complexity index is 731. The van der Waals surface area contributed by atoms with Gasteiger partial charge < -0.3 is 9.47 Å². The molecule has 0 amide bonds. The van der Waals surface area contributed by atoms with Crippen molar-refractivity contribution in [2.75, 3.05) is 7.11 Å². The first-order valence-corrected chi connectivity index (χ1v) is 12.5. The minimum atomic E-state index is -0.285. The number of rotatable bonds is 5. The van der Waals surface area contributed by atoms with E-state index < -0.39 is 0 Å². The summed E-state index contributed by atoms with van der Waals surface area (Å²) in [5, 5.41) is 0. The lowest BCUT2D eigenvalue weighted by Gasteiger charge is -2.61. The molecule has 4 fully saturated rings. The third-order valence-corrected chi connectivity index (χ3v) is 10.1. The Balaban J connectivity index is 1.45. The molecule has 0 spiro atoms. The molecule has 0 aromatic heterocycles. The van der Waals surface area contributed by atoms with Crippen LogP contribution in [0.1, 0.15) is 91.4 Å². The Morgan fingerprint density at radius 2 is 1.58 bits per heavy atom. The molecule has 0 heterocycles. The van der Waals surface area contributed by atoms with Crippen LogP contribution in [0.3, 0.4) is 0 Å². The third kappa shape index (κ3) is 3.95. The Morgan fingerprint density at radius 1 is 0.871 bits per heavy atom. The van der Waals surface area contributed by atoms with Gasteiger partial charge in [-0.15, -0.1) is 0 Å². The van der Waals surface area contributed by atoms with E-state index >= 15 is 0 Å². The average molecular weight is 433 g/mol. The molecule has 0 aliphatic heterocycles. The number of esters is 2. The van der Waals surface area contributed by atoms with Gasteiger partial charge in [0.15, 0.2) is 0 Å². The largest absolute Gasteiger partial charge is 0.469 e. The van der Waals surface area contributed by atoms with Gasteiger partial charge in [-0.05, 0) is 92.3 Å². The van der Waals surface area contributed by atoms with E-state index in [2.05, 4.69) is 13.8 Å². The van der Waals surface area contributed by atoms with Crippen molar-refractivity contribution in [2.45, 2.75) is 97.5 Å². The Hall–Kier alpha value is -1.39. The normalized spacial score (nSPS) is 43.9. The van der Waals surface area contributed by atoms with Crippen molar-refractivity contribution < 1.29 is 23.9 Å². The molecular formula is C26H40O5. The van der Waals surface area contributed by atoms with Crippen molar-refractivity contribution in [1.29, 1.82) is 0 Å². The molecule has 0 aromatic rings. The number of ketones is 1. The molecule has 174 valence electrons. The molecule has 0 unspecified atom stereocenters. The Kier molecular flexibility index (Phi) is 6.26. The quantitative estimate of drug-likeness (QED) is 0.565. The van der Waals surface area contributed by atoms with Gasteiger partial charge in [0.2, 0.25) is 0 Å². The van der Waals surface area contributed by atoms with E-state index in [1.54, 1.807) is 0 Å². The number of hydrogen-bond acceptors (Lipinski definition) is 5. The van der Waals surface area contributed by atoms with E-state index in [4.69, 9.17) is 9.47 Å². The maximum Gasteiger partial charge on any atom is 0.305 e. The van der Waals surface area contributed by atoms with Crippen molar-refractivity contribution in [2.24, 2.45) is 40.4 Å². The molecule has 0 aromatic carbocycles. The van der Waals surface area contributed by atoms with Crippen LogP contribution in [0.2, 0.25) is 0 Å². The summed E-state index contributed by atoms with van der Waals surface area (Å²) in [6, 6.07) is 0. The van der Waals surface area contributed by atoms with Gasteiger partial charge in [-0.25, -0.2) is 0 Å². The highest BCUT2D eigenvalue weighted by Gasteiger charge is 2.61. The molecule has 0 radical (unpaired) electrons. The zero-order valence-electron chi connectivity index (χ0n) is 19.8. The van der Waals surface area contributed by atoms with Crippen molar-refractivity contribution in [3.63, 3.8) is 0 Å². The molecule has 4 saturated carbocycles. The number of hydrogen-bond donors (Lipinski definition) is 0. The van der Waals surface area contributed by atoms with Crippen molar-refractivity contribution in [3.05, 3.63) is 0 Å². The maximum absolute atomic E-state index is 13.1. The summed E-state index contributed by atoms with van der Waals surface area (Å²) in [6.07, 6.45) is 10.8. The van der Waals surface area contributed by atoms with Crippen LogP contribution in [0.5, 0.6) is 0 Å². The van der Waals surface area contributed by atoms with Gasteiger partial charge in [0.05, 0.1) is 13.5 Å². The molecule has 31 heavy (non-hydrogen) atoms. The number of Topliss-reactive ketones (excluding diaryl/α,β-unsaturated/α-hetero) is 1. The first-order valence-electron chi connectivity index (χ1n) is 12.5. The van der Waals surface area contributed by atoms with Crippen LogP contribution in [0.4, 0.5) is 0 Å². The van der Waals surface area contributed by atoms with Gasteiger partial charge >= 0.3 is 11.9 Å². The molecular weight excluding hydrogens is 392 g/mol. The molecule has 0 bridgehead atoms. The average Bonchev–Trinajstić information content (AvgIpc) is 3.09. The zero-order chi connectivity index (χ0) is 22.4. The fourth-order valence-electron chi connectivity index (χ4n) is 8.59. The number of carbonyl (C=O) groups excluding carboxylic acids is 3. The fraction of sp³-hybridized carbons (Fsp3) is 0.885. The summed E-state index contributed by atoms with van der Waals surface area (Å²) in [6.45, 7) is 6.40. The summed E-state index contributed by atoms with van der Waals surface area (Å²) in [7, 11) is 1.39. The molecule has 4 aliphatic carbocycles. The lowest BCUT2D eigenvalue weighted by molar-refractivity contribution is -0.161. The minimum absolute atomic E-state index is 0.0898. The second-order valence-corrected chi connectivity index (χ2v) is 11.4. The van der Waals surface area contributed by atoms with Crippen molar-refractivity contribution in [3.8, 4) is 0 Å². The van der Waals surface area contributed by atoms with E-state index in [1.807, 2.05) is 0 Å². The first-order chi connectivity index (χ1) is 14.7. The standard InChI is InChI=1S/C26H40O5/c1-16(27)31-18-11-13-25(2)17(15-18)5-6-19-20-7-8-22(23(28)9-10-24(29)30-4)26(20,3)14-12-21(19)25/h17-22H,5-15H2,1-4H3/t17-,18-,19+,20+,21+,22-,25+,26+/m1/s1. The molecule has 8 atom stereocenters. The fourth-order valence-corrected chi connectivity index (χ4v) is 8.59. The first kappa shape index (κ1) is 22.8. The van der Waals surface area contributed by atoms with Gasteiger partial charge in [0, 0.05) is 19.3 Å². The lowest BCUT2D eigenvalue weighted by Crippen LogP contribution is -2.54. The van der Waals surface area contributed by atoms with Crippen LogP contribution >= 0.6 is 0 Å². The topological polar surface area (TPSA) is 69.7 Å². The molecule has 0 N–H and O–H groups in total. The van der Waals surface area contributed by atoms with Crippen molar-refractivity contribution in [1.82, 2.24) is 0 Å². The van der Waals surface area contributed by atoms with Gasteiger partial charge in [-0.3, -0.25) is 14.4 Å². The summed E-state index contributed by atoms with van der Waals surface area (Å²) in [4.78, 5) is 36.0. The van der Waals surface area contributed by atoms with E-state index in [0.29, 0.717) is 29.6 Å². The predicted octanol–water partition coefficient (Wildman–Crippen LogP) is 5.10. The van der Waals surface area contributed by atoms with E-state index in [9.17, 15) is 14.4 Å². The summed E-state index contributed by atoms with van der Waals surface area (Å²) >= 11 is 0. The zero-order valence-corrected chi connectivity index (χ0v) is 19.8. The highest BCUT2D eigenvalue weighted by atomic mass is 16.5. The van der Waals surface area contributed by atoms with Gasteiger partial charge in [0.1, 0.15) is 11.9 Å². The number of fused-ring (bicyclic) bond motifs is 5. The van der Waals surface area contributed by atoms with Crippen molar-refractivity contribution >= 4 is 17.7 Å². The third-order valence-electron chi connectivity index (χ3n) is 10.1. The Morgan fingerprint density at radius 3 is 2.29 bits per heavy atom. The van der Waals surface area contributed by atoms with E-state index in [0.717, 1.165) is 44.4 Å². The summed E-state index contributed by atoms with van der Waals surface area (Å²) < 4.78 is 10.3. The smallest absolute Gasteiger partial charge is 0.305 e. The van der Waals surface area contributed by atoms with Crippen LogP contribution < -0.4 is 0 Å². The van der Waals surface area contributed by atoms with E-state index in [1.165, 1.54) is 33.3 Å². The van der Waals surface area contributed by atoms with Crippen LogP contribution in [-0.4, -0.2) is 30.9 Å². The number of methoxy groups -OCH3 is 1. The lowest BCUT2D eigenvalue weighted by atomic mass is 9.44. The SMILES string of the molecule is COC(=O)CCC(=O)[C@H]1CC[C@H]2[C@@H]3CC[C@@H]4C[C@H](OC(C)=O)CC[C@]4(C)[C@H]3CC[C@]12C. The molecule has 5 nitrogen and oxygen atoms in total. The van der Waals surface area contributed by atoms with E-state index in [-0.39, 0.29) is 41.6 Å². The Labute approximate surface area is 187 Å². The predicted molar refractivity (Wildman–Crippen MR) is 117 cm³/mol. The van der Waals surface area contributed by atoms with Gasteiger partial charge in [-0.1, -0.05) is 13.8 Å². The van der Waals surface area contributed by atoms with Gasteiger partial charge in [-0.2, -0.15) is 0 Å². The second-order valence-electron chi connectivity index (χ2n) is 11.4. The molecule has 4 aliphatic rings. The maximum atomic E-state index is 13.1. The molecule has 4 rings (SSSR count). The van der Waals surface area contributed by atoms with Gasteiger partial charge in [0.25, 0.3) is 0 Å². The monoisotopic (exact) mass is 432 g/mol.